The van der Waals surface area contributed by atoms with E-state index in [9.17, 15) is 4.79 Å². The predicted octanol–water partition coefficient (Wildman–Crippen LogP) is 2.65. The first-order valence-electron chi connectivity index (χ1n) is 7.38. The van der Waals surface area contributed by atoms with Gasteiger partial charge in [0.25, 0.3) is 0 Å². The summed E-state index contributed by atoms with van der Waals surface area (Å²) in [7, 11) is 0. The van der Waals surface area contributed by atoms with E-state index in [0.29, 0.717) is 12.3 Å². The zero-order valence-electron chi connectivity index (χ0n) is 12.0. The maximum absolute atomic E-state index is 10.8. The molecule has 112 valence electrons. The summed E-state index contributed by atoms with van der Waals surface area (Å²) in [4.78, 5) is 12.4. The molecule has 3 aromatic rings. The molecule has 2 aromatic heterocycles. The van der Waals surface area contributed by atoms with Crippen LogP contribution in [0.15, 0.2) is 28.7 Å². The number of benzene rings is 1. The Labute approximate surface area is 126 Å². The summed E-state index contributed by atoms with van der Waals surface area (Å²) in [5.74, 6) is -0.609. The average Bonchev–Trinajstić information content (AvgIpc) is 3.11. The first-order valence-corrected chi connectivity index (χ1v) is 7.38. The Morgan fingerprint density at radius 1 is 1.14 bits per heavy atom. The van der Waals surface area contributed by atoms with Gasteiger partial charge in [-0.3, -0.25) is 0 Å². The number of carboxylic acid groups (broad SMARTS) is 1. The number of carboxylic acids is 1. The lowest BCUT2D eigenvalue weighted by Crippen LogP contribution is -2.02. The van der Waals surface area contributed by atoms with E-state index < -0.39 is 5.97 Å². The van der Waals surface area contributed by atoms with E-state index in [4.69, 9.17) is 9.52 Å². The van der Waals surface area contributed by atoms with Gasteiger partial charge in [0.15, 0.2) is 0 Å². The lowest BCUT2D eigenvalue weighted by molar-refractivity contribution is 0.0660. The van der Waals surface area contributed by atoms with Crippen molar-refractivity contribution in [3.63, 3.8) is 0 Å². The van der Waals surface area contributed by atoms with Gasteiger partial charge in [0.05, 0.1) is 0 Å². The fourth-order valence-corrected chi connectivity index (χ4v) is 2.98. The first kappa shape index (κ1) is 13.1. The van der Waals surface area contributed by atoms with E-state index in [2.05, 4.69) is 22.3 Å². The average molecular weight is 297 g/mol. The number of nitrogens with zero attached hydrogens (tertiary/aromatic N) is 3. The summed E-state index contributed by atoms with van der Waals surface area (Å²) in [6, 6.07) is 7.33. The minimum atomic E-state index is -1.07. The van der Waals surface area contributed by atoms with E-state index in [1.807, 2.05) is 0 Å². The van der Waals surface area contributed by atoms with Gasteiger partial charge in [0.1, 0.15) is 23.3 Å². The SMILES string of the molecule is O=C(O)c1ccc(Cn2nc3cc4c(cc3n2)CCCC4)o1. The highest BCUT2D eigenvalue weighted by Gasteiger charge is 2.14. The number of hydrogen-bond acceptors (Lipinski definition) is 4. The topological polar surface area (TPSA) is 81.1 Å². The van der Waals surface area contributed by atoms with Crippen molar-refractivity contribution in [2.24, 2.45) is 0 Å². The summed E-state index contributed by atoms with van der Waals surface area (Å²) in [6.45, 7) is 0.326. The molecular weight excluding hydrogens is 282 g/mol. The molecule has 22 heavy (non-hydrogen) atoms. The molecule has 0 spiro atoms. The van der Waals surface area contributed by atoms with Crippen LogP contribution in [0.25, 0.3) is 11.0 Å². The number of aryl methyl sites for hydroxylation is 2. The molecule has 0 aliphatic heterocycles. The zero-order valence-corrected chi connectivity index (χ0v) is 12.0. The molecule has 0 atom stereocenters. The summed E-state index contributed by atoms with van der Waals surface area (Å²) in [5, 5.41) is 17.8. The summed E-state index contributed by atoms with van der Waals surface area (Å²) >= 11 is 0. The smallest absolute Gasteiger partial charge is 0.371 e. The third kappa shape index (κ3) is 2.26. The van der Waals surface area contributed by atoms with Crippen molar-refractivity contribution in [2.75, 3.05) is 0 Å². The molecule has 0 radical (unpaired) electrons. The Morgan fingerprint density at radius 3 is 2.32 bits per heavy atom. The molecule has 4 rings (SSSR count). The normalized spacial score (nSPS) is 14.2. The molecule has 0 unspecified atom stereocenters. The van der Waals surface area contributed by atoms with Crippen LogP contribution in [0.3, 0.4) is 0 Å². The van der Waals surface area contributed by atoms with Gasteiger partial charge in [-0.05, 0) is 61.1 Å². The third-order valence-corrected chi connectivity index (χ3v) is 4.06. The molecule has 0 fully saturated rings. The van der Waals surface area contributed by atoms with Gasteiger partial charge in [0, 0.05) is 0 Å². The van der Waals surface area contributed by atoms with Crippen LogP contribution in [-0.2, 0) is 19.4 Å². The van der Waals surface area contributed by atoms with Crippen LogP contribution in [0, 0.1) is 0 Å². The molecule has 0 saturated carbocycles. The molecule has 6 nitrogen and oxygen atoms in total. The summed E-state index contributed by atoms with van der Waals surface area (Å²) < 4.78 is 5.24. The van der Waals surface area contributed by atoms with E-state index in [-0.39, 0.29) is 5.76 Å². The van der Waals surface area contributed by atoms with Gasteiger partial charge in [-0.25, -0.2) is 4.79 Å². The van der Waals surface area contributed by atoms with Crippen LogP contribution in [0.1, 0.15) is 40.3 Å². The molecule has 1 aromatic carbocycles. The van der Waals surface area contributed by atoms with E-state index in [0.717, 1.165) is 23.9 Å². The number of aromatic nitrogens is 3. The molecule has 1 aliphatic carbocycles. The van der Waals surface area contributed by atoms with Gasteiger partial charge in [-0.1, -0.05) is 0 Å². The number of hydrogen-bond donors (Lipinski definition) is 1. The third-order valence-electron chi connectivity index (χ3n) is 4.06. The number of aromatic carboxylic acids is 1. The van der Waals surface area contributed by atoms with Crippen molar-refractivity contribution >= 4 is 17.0 Å². The minimum absolute atomic E-state index is 0.0674. The zero-order chi connectivity index (χ0) is 15.1. The Bertz CT molecular complexity index is 820. The van der Waals surface area contributed by atoms with Crippen molar-refractivity contribution in [3.05, 3.63) is 46.9 Å². The van der Waals surface area contributed by atoms with Crippen LogP contribution >= 0.6 is 0 Å². The molecule has 0 bridgehead atoms. The van der Waals surface area contributed by atoms with Gasteiger partial charge in [-0.2, -0.15) is 15.0 Å². The van der Waals surface area contributed by atoms with Crippen LogP contribution in [-0.4, -0.2) is 26.1 Å². The number of fused-ring (bicyclic) bond motifs is 2. The fourth-order valence-electron chi connectivity index (χ4n) is 2.98. The Kier molecular flexibility index (Phi) is 2.96. The number of rotatable bonds is 3. The molecule has 2 heterocycles. The van der Waals surface area contributed by atoms with Crippen LogP contribution in [0.5, 0.6) is 0 Å². The van der Waals surface area contributed by atoms with Crippen LogP contribution in [0.2, 0.25) is 0 Å². The number of furan rings is 1. The molecule has 0 amide bonds. The standard InChI is InChI=1S/C16H15N3O3/c20-16(21)15-6-5-12(22-15)9-19-17-13-7-10-3-1-2-4-11(10)8-14(13)18-19/h5-8H,1-4,9H2,(H,20,21). The van der Waals surface area contributed by atoms with Gasteiger partial charge >= 0.3 is 5.97 Å². The maximum Gasteiger partial charge on any atom is 0.371 e. The second-order valence-electron chi connectivity index (χ2n) is 5.62. The fraction of sp³-hybridized carbons (Fsp3) is 0.312. The largest absolute Gasteiger partial charge is 0.475 e. The lowest BCUT2D eigenvalue weighted by atomic mass is 9.91. The Morgan fingerprint density at radius 2 is 1.77 bits per heavy atom. The van der Waals surface area contributed by atoms with Gasteiger partial charge in [0.2, 0.25) is 5.76 Å². The quantitative estimate of drug-likeness (QED) is 0.803. The second-order valence-corrected chi connectivity index (χ2v) is 5.62. The van der Waals surface area contributed by atoms with Crippen molar-refractivity contribution in [1.29, 1.82) is 0 Å². The molecule has 6 heteroatoms. The first-order chi connectivity index (χ1) is 10.7. The van der Waals surface area contributed by atoms with Gasteiger partial charge < -0.3 is 9.52 Å². The van der Waals surface area contributed by atoms with Crippen molar-refractivity contribution in [2.45, 2.75) is 32.2 Å². The highest BCUT2D eigenvalue weighted by Crippen LogP contribution is 2.25. The Balaban J connectivity index is 1.65. The van der Waals surface area contributed by atoms with E-state index in [1.165, 1.54) is 30.0 Å². The predicted molar refractivity (Wildman–Crippen MR) is 78.9 cm³/mol. The minimum Gasteiger partial charge on any atom is -0.475 e. The second kappa shape index (κ2) is 4.98. The van der Waals surface area contributed by atoms with Crippen molar-refractivity contribution in [3.8, 4) is 0 Å². The lowest BCUT2D eigenvalue weighted by Gasteiger charge is -2.14. The molecule has 0 saturated heterocycles. The highest BCUT2D eigenvalue weighted by atomic mass is 16.4. The molecule has 1 aliphatic rings. The molecule has 1 N–H and O–H groups in total. The number of carbonyl (C=O) groups is 1. The van der Waals surface area contributed by atoms with Crippen LogP contribution < -0.4 is 0 Å². The van der Waals surface area contributed by atoms with E-state index >= 15 is 0 Å². The van der Waals surface area contributed by atoms with E-state index in [1.54, 1.807) is 10.9 Å². The van der Waals surface area contributed by atoms with Crippen molar-refractivity contribution in [1.82, 2.24) is 15.0 Å². The van der Waals surface area contributed by atoms with Crippen LogP contribution in [0.4, 0.5) is 0 Å². The Hall–Kier alpha value is -2.63. The molecular formula is C16H15N3O3. The summed E-state index contributed by atoms with van der Waals surface area (Å²) in [5.41, 5.74) is 4.50. The highest BCUT2D eigenvalue weighted by molar-refractivity contribution is 5.84. The maximum atomic E-state index is 10.8. The summed E-state index contributed by atoms with van der Waals surface area (Å²) in [6.07, 6.45) is 4.69. The monoisotopic (exact) mass is 297 g/mol. The van der Waals surface area contributed by atoms with Gasteiger partial charge in [-0.15, -0.1) is 0 Å². The van der Waals surface area contributed by atoms with Crippen molar-refractivity contribution < 1.29 is 14.3 Å².